The average Bonchev–Trinajstić information content (AvgIpc) is 3.52. The summed E-state index contributed by atoms with van der Waals surface area (Å²) in [7, 11) is 0. The minimum Gasteiger partial charge on any atom is -0.506 e. The van der Waals surface area contributed by atoms with E-state index in [1.807, 2.05) is 66.7 Å². The van der Waals surface area contributed by atoms with Gasteiger partial charge in [-0.15, -0.1) is 0 Å². The number of carbonyl (C=O) groups excluding carboxylic acids is 1. The zero-order valence-corrected chi connectivity index (χ0v) is 26.0. The molecule has 2 atom stereocenters. The third-order valence-electron chi connectivity index (χ3n) is 9.41. The lowest BCUT2D eigenvalue weighted by molar-refractivity contribution is -0.123. The second-order valence-electron chi connectivity index (χ2n) is 12.4. The number of pyridine rings is 1. The predicted octanol–water partition coefficient (Wildman–Crippen LogP) is 4.47. The zero-order chi connectivity index (χ0) is 31.6. The van der Waals surface area contributed by atoms with Crippen LogP contribution in [0.3, 0.4) is 0 Å². The van der Waals surface area contributed by atoms with Gasteiger partial charge in [0.15, 0.2) is 0 Å². The first kappa shape index (κ1) is 32.4. The van der Waals surface area contributed by atoms with Crippen LogP contribution in [-0.4, -0.2) is 64.8 Å². The number of rotatable bonds is 16. The van der Waals surface area contributed by atoms with Crippen molar-refractivity contribution in [3.05, 3.63) is 112 Å². The van der Waals surface area contributed by atoms with E-state index in [1.165, 1.54) is 6.07 Å². The Hall–Kier alpha value is -3.98. The van der Waals surface area contributed by atoms with Crippen molar-refractivity contribution in [3.8, 4) is 5.75 Å². The van der Waals surface area contributed by atoms with E-state index >= 15 is 0 Å². The molecule has 0 saturated carbocycles. The molecular formula is C37H46N4O4. The second kappa shape index (κ2) is 15.3. The van der Waals surface area contributed by atoms with Crippen LogP contribution in [0.5, 0.6) is 5.75 Å². The Morgan fingerprint density at radius 3 is 2.33 bits per heavy atom. The Kier molecular flexibility index (Phi) is 11.1. The minimum absolute atomic E-state index is 0.0655. The molecular weight excluding hydrogens is 564 g/mol. The molecule has 5 rings (SSSR count). The highest BCUT2D eigenvalue weighted by Crippen LogP contribution is 2.43. The average molecular weight is 611 g/mol. The number of aromatic hydroxyl groups is 1. The van der Waals surface area contributed by atoms with Crippen molar-refractivity contribution in [2.45, 2.75) is 56.5 Å². The van der Waals surface area contributed by atoms with Crippen molar-refractivity contribution < 1.29 is 15.0 Å². The number of aromatic nitrogens is 1. The highest BCUT2D eigenvalue weighted by Gasteiger charge is 2.49. The molecule has 0 bridgehead atoms. The van der Waals surface area contributed by atoms with Crippen molar-refractivity contribution in [1.29, 1.82) is 0 Å². The summed E-state index contributed by atoms with van der Waals surface area (Å²) < 4.78 is 0. The fourth-order valence-corrected chi connectivity index (χ4v) is 7.09. The number of amides is 1. The van der Waals surface area contributed by atoms with E-state index in [4.69, 9.17) is 5.73 Å². The van der Waals surface area contributed by atoms with Crippen LogP contribution in [0.25, 0.3) is 10.9 Å². The molecule has 1 aromatic heterocycles. The summed E-state index contributed by atoms with van der Waals surface area (Å²) >= 11 is 0. The van der Waals surface area contributed by atoms with Crippen molar-refractivity contribution >= 4 is 16.8 Å². The normalized spacial score (nSPS) is 16.2. The van der Waals surface area contributed by atoms with Crippen LogP contribution in [0, 0.1) is 5.92 Å². The number of phenols is 1. The molecule has 8 nitrogen and oxygen atoms in total. The minimum atomic E-state index is -0.848. The molecule has 0 aliphatic carbocycles. The summed E-state index contributed by atoms with van der Waals surface area (Å²) in [6.45, 7) is 4.03. The van der Waals surface area contributed by atoms with Crippen LogP contribution in [0.4, 0.5) is 0 Å². The van der Waals surface area contributed by atoms with Gasteiger partial charge in [-0.3, -0.25) is 9.59 Å². The first-order valence-corrected chi connectivity index (χ1v) is 16.3. The lowest BCUT2D eigenvalue weighted by Gasteiger charge is -2.37. The van der Waals surface area contributed by atoms with Gasteiger partial charge in [0.05, 0.1) is 11.6 Å². The zero-order valence-electron chi connectivity index (χ0n) is 26.0. The van der Waals surface area contributed by atoms with Crippen molar-refractivity contribution in [3.63, 3.8) is 0 Å². The number of aromatic amines is 1. The summed E-state index contributed by atoms with van der Waals surface area (Å²) in [6, 6.07) is 26.7. The van der Waals surface area contributed by atoms with Gasteiger partial charge in [-0.2, -0.15) is 0 Å². The SMILES string of the molecule is NC(=O)C(c1ccccc1)(c1ccccc1)C1CCN(CCCCCCC(O)CNCCc2ccc(O)c3[nH]c(=O)ccc23)C1. The Bertz CT molecular complexity index is 1550. The standard InChI is InChI=1S/C37H46N4O4/c38-36(45)37(28-11-5-3-6-12-28,29-13-7-4-8-14-29)30-21-24-41(26-30)23-10-2-1-9-15-31(42)25-39-22-20-27-16-18-33(43)35-32(27)17-19-34(44)40-35/h3-8,11-14,16-19,30-31,39,42-43H,1-2,9-10,15,20-26H2,(H2,38,45)(H,40,44). The van der Waals surface area contributed by atoms with E-state index in [-0.39, 0.29) is 23.1 Å². The quantitative estimate of drug-likeness (QED) is 0.119. The maximum absolute atomic E-state index is 13.3. The fraction of sp³-hybridized carbons (Fsp3) is 0.405. The topological polar surface area (TPSA) is 132 Å². The number of likely N-dealkylation sites (tertiary alicyclic amines) is 1. The summed E-state index contributed by atoms with van der Waals surface area (Å²) in [5, 5.41) is 24.7. The number of carbonyl (C=O) groups is 1. The van der Waals surface area contributed by atoms with E-state index in [2.05, 4.69) is 15.2 Å². The molecule has 4 aromatic rings. The second-order valence-corrected chi connectivity index (χ2v) is 12.4. The van der Waals surface area contributed by atoms with Gasteiger partial charge in [-0.25, -0.2) is 0 Å². The van der Waals surface area contributed by atoms with Gasteiger partial charge in [-0.05, 0) is 80.1 Å². The number of hydrogen-bond donors (Lipinski definition) is 5. The molecule has 45 heavy (non-hydrogen) atoms. The van der Waals surface area contributed by atoms with Crippen LogP contribution < -0.4 is 16.6 Å². The molecule has 1 fully saturated rings. The number of aliphatic hydroxyl groups excluding tert-OH is 1. The molecule has 238 valence electrons. The van der Waals surface area contributed by atoms with Gasteiger partial charge in [0.2, 0.25) is 11.5 Å². The number of nitrogens with zero attached hydrogens (tertiary/aromatic N) is 1. The molecule has 1 aliphatic rings. The lowest BCUT2D eigenvalue weighted by atomic mass is 9.64. The van der Waals surface area contributed by atoms with E-state index in [0.29, 0.717) is 18.6 Å². The number of phenolic OH excluding ortho intramolecular Hbond substituents is 1. The number of nitrogens with one attached hydrogen (secondary N) is 2. The van der Waals surface area contributed by atoms with Crippen LogP contribution in [0.2, 0.25) is 0 Å². The number of aliphatic hydroxyl groups is 1. The number of hydrogen-bond acceptors (Lipinski definition) is 6. The highest BCUT2D eigenvalue weighted by atomic mass is 16.3. The number of fused-ring (bicyclic) bond motifs is 1. The molecule has 6 N–H and O–H groups in total. The van der Waals surface area contributed by atoms with Gasteiger partial charge in [-0.1, -0.05) is 86.0 Å². The van der Waals surface area contributed by atoms with Crippen LogP contribution >= 0.6 is 0 Å². The number of H-pyrrole nitrogens is 1. The molecule has 1 amide bonds. The summed E-state index contributed by atoms with van der Waals surface area (Å²) in [4.78, 5) is 30.1. The highest BCUT2D eigenvalue weighted by molar-refractivity contribution is 5.91. The van der Waals surface area contributed by atoms with E-state index < -0.39 is 11.5 Å². The van der Waals surface area contributed by atoms with Crippen molar-refractivity contribution in [2.75, 3.05) is 32.7 Å². The fourth-order valence-electron chi connectivity index (χ4n) is 7.09. The van der Waals surface area contributed by atoms with Gasteiger partial charge in [0.25, 0.3) is 0 Å². The van der Waals surface area contributed by atoms with Crippen molar-refractivity contribution in [2.24, 2.45) is 11.7 Å². The first-order chi connectivity index (χ1) is 21.9. The molecule has 2 unspecified atom stereocenters. The van der Waals surface area contributed by atoms with E-state index in [1.54, 1.807) is 12.1 Å². The molecule has 1 aliphatic heterocycles. The summed E-state index contributed by atoms with van der Waals surface area (Å²) in [5.74, 6) is -0.110. The molecule has 3 aromatic carbocycles. The van der Waals surface area contributed by atoms with Crippen LogP contribution in [0.15, 0.2) is 89.7 Å². The molecule has 1 saturated heterocycles. The monoisotopic (exact) mass is 610 g/mol. The number of benzene rings is 3. The van der Waals surface area contributed by atoms with Crippen LogP contribution in [0.1, 0.15) is 55.2 Å². The first-order valence-electron chi connectivity index (χ1n) is 16.3. The number of nitrogens with two attached hydrogens (primary N) is 1. The van der Waals surface area contributed by atoms with Crippen molar-refractivity contribution in [1.82, 2.24) is 15.2 Å². The van der Waals surface area contributed by atoms with Crippen LogP contribution in [-0.2, 0) is 16.6 Å². The third-order valence-corrected chi connectivity index (χ3v) is 9.41. The Morgan fingerprint density at radius 2 is 1.64 bits per heavy atom. The Morgan fingerprint density at radius 1 is 0.956 bits per heavy atom. The lowest BCUT2D eigenvalue weighted by Crippen LogP contribution is -2.49. The number of unbranched alkanes of at least 4 members (excludes halogenated alkanes) is 3. The van der Waals surface area contributed by atoms with E-state index in [0.717, 1.165) is 86.7 Å². The Balaban J connectivity index is 1.02. The maximum Gasteiger partial charge on any atom is 0.248 e. The summed E-state index contributed by atoms with van der Waals surface area (Å²) in [5.41, 5.74) is 8.57. The largest absolute Gasteiger partial charge is 0.506 e. The van der Waals surface area contributed by atoms with Gasteiger partial charge in [0, 0.05) is 24.5 Å². The molecule has 0 radical (unpaired) electrons. The van der Waals surface area contributed by atoms with Gasteiger partial charge in [0.1, 0.15) is 11.2 Å². The van der Waals surface area contributed by atoms with Gasteiger partial charge >= 0.3 is 0 Å². The third kappa shape index (κ3) is 7.64. The number of primary amides is 1. The molecule has 8 heteroatoms. The smallest absolute Gasteiger partial charge is 0.248 e. The predicted molar refractivity (Wildman–Crippen MR) is 179 cm³/mol. The van der Waals surface area contributed by atoms with Gasteiger partial charge < -0.3 is 31.1 Å². The maximum atomic E-state index is 13.3. The Labute approximate surface area is 265 Å². The molecule has 0 spiro atoms. The molecule has 2 heterocycles. The summed E-state index contributed by atoms with van der Waals surface area (Å²) in [6.07, 6.45) is 6.27. The van der Waals surface area contributed by atoms with E-state index in [9.17, 15) is 19.8 Å².